The molecule has 0 aromatic heterocycles. The maximum Gasteiger partial charge on any atom is 0.348 e. The van der Waals surface area contributed by atoms with Gasteiger partial charge in [0.2, 0.25) is 5.60 Å². The molecule has 29 heavy (non-hydrogen) atoms. The number of esters is 1. The average Bonchev–Trinajstić information content (AvgIpc) is 2.75. The van der Waals surface area contributed by atoms with Crippen molar-refractivity contribution in [1.29, 1.82) is 0 Å². The number of amides is 1. The Labute approximate surface area is 171 Å². The number of carbonyl (C=O) groups is 2. The quantitative estimate of drug-likeness (QED) is 0.601. The van der Waals surface area contributed by atoms with Crippen molar-refractivity contribution < 1.29 is 23.8 Å². The van der Waals surface area contributed by atoms with E-state index in [1.807, 2.05) is 0 Å². The number of anilines is 1. The first-order valence-electron chi connectivity index (χ1n) is 8.67. The van der Waals surface area contributed by atoms with Crippen molar-refractivity contribution in [2.75, 3.05) is 11.9 Å². The van der Waals surface area contributed by atoms with E-state index in [1.165, 1.54) is 12.1 Å². The van der Waals surface area contributed by atoms with E-state index in [0.29, 0.717) is 11.1 Å². The van der Waals surface area contributed by atoms with Crippen LogP contribution in [0.4, 0.5) is 10.1 Å². The summed E-state index contributed by atoms with van der Waals surface area (Å²) in [6.07, 6.45) is 0. The smallest absolute Gasteiger partial charge is 0.348 e. The summed E-state index contributed by atoms with van der Waals surface area (Å²) in [7, 11) is 0. The van der Waals surface area contributed by atoms with Crippen molar-refractivity contribution in [3.05, 3.63) is 101 Å². The van der Waals surface area contributed by atoms with Crippen LogP contribution in [-0.2, 0) is 19.9 Å². The zero-order valence-electron chi connectivity index (χ0n) is 15.1. The third-order valence-corrected chi connectivity index (χ3v) is 4.51. The van der Waals surface area contributed by atoms with Crippen LogP contribution >= 0.6 is 11.6 Å². The Bertz CT molecular complexity index is 972. The molecule has 3 aromatic carbocycles. The van der Waals surface area contributed by atoms with E-state index in [4.69, 9.17) is 16.3 Å². The van der Waals surface area contributed by atoms with E-state index in [-0.39, 0.29) is 10.7 Å². The SMILES string of the molecule is O=C(COC(=O)C(O)(c1ccccc1)c1ccccc1)Nc1ccc(F)c(Cl)c1. The van der Waals surface area contributed by atoms with Crippen molar-refractivity contribution in [1.82, 2.24) is 0 Å². The predicted octanol–water partition coefficient (Wildman–Crippen LogP) is 3.90. The van der Waals surface area contributed by atoms with E-state index in [1.54, 1.807) is 60.7 Å². The first kappa shape index (κ1) is 20.5. The van der Waals surface area contributed by atoms with Crippen LogP contribution in [0.5, 0.6) is 0 Å². The summed E-state index contributed by atoms with van der Waals surface area (Å²) in [6, 6.07) is 20.3. The highest BCUT2D eigenvalue weighted by molar-refractivity contribution is 6.31. The lowest BCUT2D eigenvalue weighted by Gasteiger charge is -2.26. The molecule has 3 rings (SSSR count). The van der Waals surface area contributed by atoms with Gasteiger partial charge in [-0.05, 0) is 29.3 Å². The predicted molar refractivity (Wildman–Crippen MR) is 107 cm³/mol. The lowest BCUT2D eigenvalue weighted by atomic mass is 9.86. The molecule has 0 fully saturated rings. The molecule has 1 amide bonds. The molecule has 2 N–H and O–H groups in total. The first-order chi connectivity index (χ1) is 13.9. The van der Waals surface area contributed by atoms with Gasteiger partial charge in [-0.1, -0.05) is 72.3 Å². The molecule has 3 aromatic rings. The number of nitrogens with one attached hydrogen (secondary N) is 1. The molecule has 7 heteroatoms. The van der Waals surface area contributed by atoms with Crippen molar-refractivity contribution in [2.24, 2.45) is 0 Å². The van der Waals surface area contributed by atoms with E-state index in [2.05, 4.69) is 5.32 Å². The Balaban J connectivity index is 1.75. The van der Waals surface area contributed by atoms with Gasteiger partial charge in [0.15, 0.2) is 6.61 Å². The van der Waals surface area contributed by atoms with E-state index < -0.39 is 29.9 Å². The molecule has 0 spiro atoms. The summed E-state index contributed by atoms with van der Waals surface area (Å²) < 4.78 is 18.3. The van der Waals surface area contributed by atoms with Crippen LogP contribution in [-0.4, -0.2) is 23.6 Å². The van der Waals surface area contributed by atoms with Crippen LogP contribution in [0.15, 0.2) is 78.9 Å². The molecule has 0 aliphatic heterocycles. The molecule has 0 saturated carbocycles. The highest BCUT2D eigenvalue weighted by Gasteiger charge is 2.41. The summed E-state index contributed by atoms with van der Waals surface area (Å²) in [5, 5.41) is 13.5. The Morgan fingerprint density at radius 2 is 1.52 bits per heavy atom. The molecule has 0 unspecified atom stereocenters. The van der Waals surface area contributed by atoms with Crippen molar-refractivity contribution in [3.8, 4) is 0 Å². The molecule has 0 atom stereocenters. The molecular weight excluding hydrogens is 397 g/mol. The Kier molecular flexibility index (Phi) is 6.26. The number of ether oxygens (including phenoxy) is 1. The Hall–Kier alpha value is -3.22. The summed E-state index contributed by atoms with van der Waals surface area (Å²) in [4.78, 5) is 24.9. The standard InChI is InChI=1S/C22H17ClFNO4/c23-18-13-17(11-12-19(18)24)25-20(26)14-29-21(27)22(28,15-7-3-1-4-8-15)16-9-5-2-6-10-16/h1-13,28H,14H2,(H,25,26). The topological polar surface area (TPSA) is 75.6 Å². The molecule has 0 bridgehead atoms. The molecule has 0 saturated heterocycles. The minimum Gasteiger partial charge on any atom is -0.453 e. The summed E-state index contributed by atoms with van der Waals surface area (Å²) >= 11 is 5.68. The van der Waals surface area contributed by atoms with Gasteiger partial charge in [0, 0.05) is 5.69 Å². The van der Waals surface area contributed by atoms with Crippen LogP contribution in [0.1, 0.15) is 11.1 Å². The van der Waals surface area contributed by atoms with E-state index in [9.17, 15) is 19.1 Å². The second-order valence-electron chi connectivity index (χ2n) is 6.20. The molecule has 0 aliphatic carbocycles. The largest absolute Gasteiger partial charge is 0.453 e. The number of halogens is 2. The number of aliphatic hydroxyl groups is 1. The highest BCUT2D eigenvalue weighted by Crippen LogP contribution is 2.31. The van der Waals surface area contributed by atoms with Crippen molar-refractivity contribution in [3.63, 3.8) is 0 Å². The number of hydrogen-bond donors (Lipinski definition) is 2. The van der Waals surface area contributed by atoms with Crippen LogP contribution in [0.2, 0.25) is 5.02 Å². The number of hydrogen-bond acceptors (Lipinski definition) is 4. The fraction of sp³-hybridized carbons (Fsp3) is 0.0909. The third-order valence-electron chi connectivity index (χ3n) is 4.22. The Morgan fingerprint density at radius 1 is 0.966 bits per heavy atom. The van der Waals surface area contributed by atoms with Gasteiger partial charge < -0.3 is 15.2 Å². The number of benzene rings is 3. The summed E-state index contributed by atoms with van der Waals surface area (Å²) in [5.41, 5.74) is -1.22. The molecule has 148 valence electrons. The zero-order chi connectivity index (χ0) is 20.9. The normalized spacial score (nSPS) is 11.0. The van der Waals surface area contributed by atoms with Gasteiger partial charge in [-0.3, -0.25) is 4.79 Å². The zero-order valence-corrected chi connectivity index (χ0v) is 15.9. The minimum absolute atomic E-state index is 0.151. The first-order valence-corrected chi connectivity index (χ1v) is 9.04. The maximum absolute atomic E-state index is 13.2. The van der Waals surface area contributed by atoms with Gasteiger partial charge in [0.25, 0.3) is 5.91 Å². The second kappa shape index (κ2) is 8.86. The highest BCUT2D eigenvalue weighted by atomic mass is 35.5. The summed E-state index contributed by atoms with van der Waals surface area (Å²) in [6.45, 7) is -0.643. The van der Waals surface area contributed by atoms with Gasteiger partial charge in [0.05, 0.1) is 5.02 Å². The molecule has 5 nitrogen and oxygen atoms in total. The van der Waals surface area contributed by atoms with Crippen LogP contribution < -0.4 is 5.32 Å². The molecular formula is C22H17ClFNO4. The van der Waals surface area contributed by atoms with Gasteiger partial charge in [-0.2, -0.15) is 0 Å². The van der Waals surface area contributed by atoms with Crippen LogP contribution in [0.3, 0.4) is 0 Å². The molecule has 0 heterocycles. The van der Waals surface area contributed by atoms with Crippen LogP contribution in [0, 0.1) is 5.82 Å². The second-order valence-corrected chi connectivity index (χ2v) is 6.60. The van der Waals surface area contributed by atoms with Gasteiger partial charge in [-0.25, -0.2) is 9.18 Å². The van der Waals surface area contributed by atoms with Crippen molar-refractivity contribution in [2.45, 2.75) is 5.60 Å². The van der Waals surface area contributed by atoms with Gasteiger partial charge in [0.1, 0.15) is 5.82 Å². The fourth-order valence-corrected chi connectivity index (χ4v) is 2.95. The van der Waals surface area contributed by atoms with Gasteiger partial charge >= 0.3 is 5.97 Å². The van der Waals surface area contributed by atoms with Crippen molar-refractivity contribution >= 4 is 29.2 Å². The summed E-state index contributed by atoms with van der Waals surface area (Å²) in [5.74, 6) is -2.28. The Morgan fingerprint density at radius 3 is 2.03 bits per heavy atom. The number of carbonyl (C=O) groups excluding carboxylic acids is 2. The monoisotopic (exact) mass is 413 g/mol. The van der Waals surface area contributed by atoms with E-state index >= 15 is 0 Å². The number of rotatable bonds is 6. The molecule has 0 radical (unpaired) electrons. The fourth-order valence-electron chi connectivity index (χ4n) is 2.77. The maximum atomic E-state index is 13.2. The lowest BCUT2D eigenvalue weighted by Crippen LogP contribution is -2.39. The lowest BCUT2D eigenvalue weighted by molar-refractivity contribution is -0.163. The molecule has 0 aliphatic rings. The minimum atomic E-state index is -2.08. The van der Waals surface area contributed by atoms with Crippen LogP contribution in [0.25, 0.3) is 0 Å². The van der Waals surface area contributed by atoms with E-state index in [0.717, 1.165) is 6.07 Å². The third kappa shape index (κ3) is 4.62. The van der Waals surface area contributed by atoms with Gasteiger partial charge in [-0.15, -0.1) is 0 Å². The average molecular weight is 414 g/mol.